The number of aliphatic hydroxyl groups is 2. The number of piperazine rings is 1. The van der Waals surface area contributed by atoms with Gasteiger partial charge in [0.05, 0.1) is 18.7 Å². The van der Waals surface area contributed by atoms with Crippen molar-refractivity contribution in [2.24, 2.45) is 0 Å². The van der Waals surface area contributed by atoms with E-state index in [1.54, 1.807) is 6.92 Å². The Labute approximate surface area is 316 Å². The van der Waals surface area contributed by atoms with Gasteiger partial charge >= 0.3 is 5.92 Å². The standard InChI is InChI=1S/C40H41F4N9O2/c1-4-37(27(2)54)53-22-21-52(28(53)3)34-13-11-33(12-14-34)50-19-17-49(18-20-50)32-9-5-29(6-10-32)30-7-16-38(45-24-30)40(43,44)39(55,25-51-26-46-47-48-51)35-15-8-31(41)23-36(35)42/h5-16,21-24,26-27,37,54-55H,3-4,17-20,25H2,1-2H3/t27?,37?,39-/m0/s1. The van der Waals surface area contributed by atoms with E-state index < -0.39 is 47.1 Å². The van der Waals surface area contributed by atoms with Crippen LogP contribution in [0.2, 0.25) is 0 Å². The summed E-state index contributed by atoms with van der Waals surface area (Å²) < 4.78 is 61.7. The van der Waals surface area contributed by atoms with Gasteiger partial charge in [0.15, 0.2) is 5.60 Å². The highest BCUT2D eigenvalue weighted by Crippen LogP contribution is 2.47. The van der Waals surface area contributed by atoms with Crippen molar-refractivity contribution in [2.45, 2.75) is 50.5 Å². The molecule has 3 atom stereocenters. The Hall–Kier alpha value is -5.80. The van der Waals surface area contributed by atoms with Gasteiger partial charge in [-0.05, 0) is 83.9 Å². The van der Waals surface area contributed by atoms with E-state index in [0.29, 0.717) is 11.6 Å². The second-order valence-corrected chi connectivity index (χ2v) is 13.7. The maximum atomic E-state index is 16.2. The number of aliphatic hydroxyl groups excluding tert-OH is 1. The number of nitrogens with zero attached hydrogens (tertiary/aromatic N) is 9. The van der Waals surface area contributed by atoms with E-state index in [-0.39, 0.29) is 6.04 Å². The smallest absolute Gasteiger partial charge is 0.323 e. The first-order valence-corrected chi connectivity index (χ1v) is 18.0. The van der Waals surface area contributed by atoms with E-state index in [9.17, 15) is 19.0 Å². The summed E-state index contributed by atoms with van der Waals surface area (Å²) in [4.78, 5) is 12.7. The molecule has 2 aliphatic rings. The first kappa shape index (κ1) is 37.5. The Kier molecular flexibility index (Phi) is 10.3. The van der Waals surface area contributed by atoms with Crippen LogP contribution in [0.5, 0.6) is 0 Å². The molecule has 2 unspecified atom stereocenters. The molecule has 2 aliphatic heterocycles. The SMILES string of the molecule is C=C1N(c2ccc(N3CCN(c4ccc(-c5ccc(C(F)(F)[C@](O)(Cn6cnnn6)c6ccc(F)cc6F)nc5)cc4)CC3)cc2)C=CN1C(CC)C(C)O. The van der Waals surface area contributed by atoms with E-state index in [0.717, 1.165) is 90.3 Å². The minimum absolute atomic E-state index is 0.0415. The second-order valence-electron chi connectivity index (χ2n) is 13.7. The van der Waals surface area contributed by atoms with Crippen LogP contribution in [0.15, 0.2) is 116 Å². The fourth-order valence-electron chi connectivity index (χ4n) is 7.28. The first-order valence-electron chi connectivity index (χ1n) is 18.0. The van der Waals surface area contributed by atoms with Crippen LogP contribution in [0.1, 0.15) is 31.5 Å². The van der Waals surface area contributed by atoms with Crippen molar-refractivity contribution >= 4 is 17.1 Å². The normalized spacial score (nSPS) is 17.1. The Balaban J connectivity index is 0.988. The van der Waals surface area contributed by atoms with Crippen molar-refractivity contribution in [3.8, 4) is 11.1 Å². The van der Waals surface area contributed by atoms with Gasteiger partial charge in [-0.15, -0.1) is 5.10 Å². The fraction of sp³-hybridized carbons (Fsp3) is 0.300. The van der Waals surface area contributed by atoms with Gasteiger partial charge < -0.3 is 29.8 Å². The topological polar surface area (TPSA) is 110 Å². The van der Waals surface area contributed by atoms with Gasteiger partial charge in [0.25, 0.3) is 0 Å². The molecule has 3 aromatic carbocycles. The molecule has 286 valence electrons. The maximum absolute atomic E-state index is 16.2. The molecule has 0 amide bonds. The lowest BCUT2D eigenvalue weighted by atomic mass is 9.84. The summed E-state index contributed by atoms with van der Waals surface area (Å²) in [5.74, 6) is -5.68. The molecule has 55 heavy (non-hydrogen) atoms. The molecule has 0 aliphatic carbocycles. The van der Waals surface area contributed by atoms with Gasteiger partial charge in [-0.1, -0.05) is 31.7 Å². The summed E-state index contributed by atoms with van der Waals surface area (Å²) in [5, 5.41) is 32.0. The van der Waals surface area contributed by atoms with E-state index in [1.165, 1.54) is 12.3 Å². The third-order valence-corrected chi connectivity index (χ3v) is 10.4. The number of aromatic nitrogens is 5. The number of halogens is 4. The molecule has 1 fully saturated rings. The summed E-state index contributed by atoms with van der Waals surface area (Å²) >= 11 is 0. The monoisotopic (exact) mass is 755 g/mol. The predicted molar refractivity (Wildman–Crippen MR) is 201 cm³/mol. The zero-order chi connectivity index (χ0) is 38.9. The summed E-state index contributed by atoms with van der Waals surface area (Å²) in [7, 11) is 0. The number of anilines is 3. The van der Waals surface area contributed by atoms with Crippen LogP contribution < -0.4 is 14.7 Å². The number of benzene rings is 3. The average Bonchev–Trinajstić information content (AvgIpc) is 3.84. The third kappa shape index (κ3) is 7.24. The van der Waals surface area contributed by atoms with Gasteiger partial charge in [-0.25, -0.2) is 13.5 Å². The first-order chi connectivity index (χ1) is 26.4. The van der Waals surface area contributed by atoms with Crippen molar-refractivity contribution < 1.29 is 27.8 Å². The molecule has 0 radical (unpaired) electrons. The van der Waals surface area contributed by atoms with Crippen LogP contribution in [0.25, 0.3) is 11.1 Å². The van der Waals surface area contributed by atoms with E-state index in [4.69, 9.17) is 0 Å². The summed E-state index contributed by atoms with van der Waals surface area (Å²) in [6.07, 6.45) is 6.51. The van der Waals surface area contributed by atoms with Crippen molar-refractivity contribution in [3.05, 3.63) is 139 Å². The van der Waals surface area contributed by atoms with Crippen LogP contribution >= 0.6 is 0 Å². The Morgan fingerprint density at radius 3 is 2.00 bits per heavy atom. The van der Waals surface area contributed by atoms with E-state index in [2.05, 4.69) is 61.2 Å². The second kappa shape index (κ2) is 15.1. The highest BCUT2D eigenvalue weighted by atomic mass is 19.3. The number of tetrazole rings is 1. The van der Waals surface area contributed by atoms with Gasteiger partial charge in [0, 0.05) is 79.0 Å². The molecule has 5 aromatic rings. The highest BCUT2D eigenvalue weighted by molar-refractivity contribution is 5.66. The van der Waals surface area contributed by atoms with Crippen molar-refractivity contribution in [1.82, 2.24) is 30.1 Å². The Morgan fingerprint density at radius 2 is 1.45 bits per heavy atom. The van der Waals surface area contributed by atoms with E-state index in [1.807, 2.05) is 53.4 Å². The minimum atomic E-state index is -4.15. The molecule has 0 bridgehead atoms. The molecule has 15 heteroatoms. The lowest BCUT2D eigenvalue weighted by Crippen LogP contribution is -2.48. The minimum Gasteiger partial charge on any atom is -0.391 e. The Bertz CT molecular complexity index is 2120. The van der Waals surface area contributed by atoms with Crippen molar-refractivity contribution in [3.63, 3.8) is 0 Å². The molecular formula is C40H41F4N9O2. The Morgan fingerprint density at radius 1 is 0.836 bits per heavy atom. The molecule has 0 spiro atoms. The van der Waals surface area contributed by atoms with Crippen LogP contribution in [-0.4, -0.2) is 78.6 Å². The van der Waals surface area contributed by atoms with E-state index >= 15 is 8.78 Å². The molecule has 0 saturated carbocycles. The number of hydrogen-bond donors (Lipinski definition) is 2. The predicted octanol–water partition coefficient (Wildman–Crippen LogP) is 6.24. The zero-order valence-electron chi connectivity index (χ0n) is 30.4. The van der Waals surface area contributed by atoms with Crippen LogP contribution in [0.3, 0.4) is 0 Å². The average molecular weight is 756 g/mol. The molecule has 7 rings (SSSR count). The van der Waals surface area contributed by atoms with Gasteiger partial charge in [-0.3, -0.25) is 4.98 Å². The molecule has 4 heterocycles. The number of alkyl halides is 2. The quantitative estimate of drug-likeness (QED) is 0.142. The molecular weight excluding hydrogens is 714 g/mol. The molecule has 2 aromatic heterocycles. The molecule has 2 N–H and O–H groups in total. The molecule has 11 nitrogen and oxygen atoms in total. The lowest BCUT2D eigenvalue weighted by Gasteiger charge is -2.37. The fourth-order valence-corrected chi connectivity index (χ4v) is 7.28. The number of rotatable bonds is 12. The van der Waals surface area contributed by atoms with Gasteiger partial charge in [0.1, 0.15) is 29.5 Å². The van der Waals surface area contributed by atoms with Gasteiger partial charge in [0.2, 0.25) is 0 Å². The van der Waals surface area contributed by atoms with Crippen LogP contribution in [0.4, 0.5) is 34.6 Å². The summed E-state index contributed by atoms with van der Waals surface area (Å²) in [6.45, 7) is 10.4. The van der Waals surface area contributed by atoms with Crippen molar-refractivity contribution in [2.75, 3.05) is 40.9 Å². The largest absolute Gasteiger partial charge is 0.391 e. The van der Waals surface area contributed by atoms with Crippen molar-refractivity contribution in [1.29, 1.82) is 0 Å². The van der Waals surface area contributed by atoms with Gasteiger partial charge in [-0.2, -0.15) is 8.78 Å². The van der Waals surface area contributed by atoms with Crippen LogP contribution in [-0.2, 0) is 18.1 Å². The third-order valence-electron chi connectivity index (χ3n) is 10.4. The molecule has 1 saturated heterocycles. The van der Waals surface area contributed by atoms with Crippen LogP contribution in [0, 0.1) is 11.6 Å². The summed E-state index contributed by atoms with van der Waals surface area (Å²) in [5.41, 5.74) is -0.420. The zero-order valence-corrected chi connectivity index (χ0v) is 30.4. The summed E-state index contributed by atoms with van der Waals surface area (Å²) in [6, 6.07) is 20.6. The highest BCUT2D eigenvalue weighted by Gasteiger charge is 2.58. The maximum Gasteiger partial charge on any atom is 0.323 e. The number of pyridine rings is 1. The lowest BCUT2D eigenvalue weighted by molar-refractivity contribution is -0.207. The number of hydrogen-bond acceptors (Lipinski definition) is 10.